The molecule has 0 aliphatic carbocycles. The number of nitrogens with one attached hydrogen (secondary N) is 4. The molecule has 0 bridgehead atoms. The van der Waals surface area contributed by atoms with E-state index < -0.39 is 17.9 Å². The van der Waals surface area contributed by atoms with E-state index in [4.69, 9.17) is 10.9 Å². The molecule has 1 aliphatic rings. The SMILES string of the molecule is C.NC[C@H](NC(=O)c1ccc(C#CC#Cc2ccc(NC(=O)CN3CCNCC3)cc2)cc1)C(=O)NO. The number of hydrogen-bond acceptors (Lipinski definition) is 7. The minimum Gasteiger partial charge on any atom is -0.339 e. The molecule has 1 heterocycles. The molecule has 1 atom stereocenters. The number of piperazine rings is 1. The summed E-state index contributed by atoms with van der Waals surface area (Å²) in [4.78, 5) is 38.0. The number of amides is 3. The molecule has 10 nitrogen and oxygen atoms in total. The van der Waals surface area contributed by atoms with Gasteiger partial charge in [-0.2, -0.15) is 0 Å². The molecule has 0 saturated carbocycles. The van der Waals surface area contributed by atoms with Crippen molar-refractivity contribution in [2.24, 2.45) is 5.73 Å². The minimum absolute atomic E-state index is 0. The van der Waals surface area contributed by atoms with Gasteiger partial charge in [-0.25, -0.2) is 5.48 Å². The highest BCUT2D eigenvalue weighted by Crippen LogP contribution is 2.09. The highest BCUT2D eigenvalue weighted by Gasteiger charge is 2.19. The van der Waals surface area contributed by atoms with Crippen LogP contribution < -0.4 is 27.2 Å². The van der Waals surface area contributed by atoms with Crippen molar-refractivity contribution >= 4 is 23.4 Å². The van der Waals surface area contributed by atoms with Crippen molar-refractivity contribution in [3.8, 4) is 23.7 Å². The zero-order chi connectivity index (χ0) is 25.8. The predicted octanol–water partition coefficient (Wildman–Crippen LogP) is 0.132. The summed E-state index contributed by atoms with van der Waals surface area (Å²) in [6.45, 7) is 3.74. The Morgan fingerprint density at radius 2 is 1.54 bits per heavy atom. The van der Waals surface area contributed by atoms with Crippen LogP contribution in [0.15, 0.2) is 48.5 Å². The summed E-state index contributed by atoms with van der Waals surface area (Å²) in [5.41, 5.74) is 9.34. The lowest BCUT2D eigenvalue weighted by Crippen LogP contribution is -2.50. The van der Waals surface area contributed by atoms with E-state index in [9.17, 15) is 14.4 Å². The lowest BCUT2D eigenvalue weighted by atomic mass is 10.1. The topological polar surface area (TPSA) is 149 Å². The van der Waals surface area contributed by atoms with Crippen molar-refractivity contribution in [3.05, 3.63) is 65.2 Å². The van der Waals surface area contributed by atoms with E-state index in [1.807, 2.05) is 12.1 Å². The van der Waals surface area contributed by atoms with Gasteiger partial charge in [0.1, 0.15) is 6.04 Å². The second kappa shape index (κ2) is 15.0. The Morgan fingerprint density at radius 3 is 2.08 bits per heavy atom. The van der Waals surface area contributed by atoms with E-state index in [1.54, 1.807) is 36.4 Å². The van der Waals surface area contributed by atoms with Crippen molar-refractivity contribution in [2.45, 2.75) is 13.5 Å². The number of benzene rings is 2. The minimum atomic E-state index is -1.04. The maximum absolute atomic E-state index is 12.2. The van der Waals surface area contributed by atoms with Crippen LogP contribution in [-0.4, -0.2) is 73.1 Å². The lowest BCUT2D eigenvalue weighted by molar-refractivity contribution is -0.130. The first-order valence-electron chi connectivity index (χ1n) is 11.4. The molecule has 3 rings (SSSR count). The number of nitrogens with two attached hydrogens (primary N) is 1. The molecule has 1 fully saturated rings. The smallest absolute Gasteiger partial charge is 0.267 e. The average Bonchev–Trinajstić information content (AvgIpc) is 2.91. The largest absolute Gasteiger partial charge is 0.339 e. The van der Waals surface area contributed by atoms with Gasteiger partial charge in [0.2, 0.25) is 5.91 Å². The fourth-order valence-corrected chi connectivity index (χ4v) is 3.37. The Bertz CT molecular complexity index is 1180. The van der Waals surface area contributed by atoms with E-state index in [0.717, 1.165) is 31.7 Å². The molecule has 194 valence electrons. The summed E-state index contributed by atoms with van der Waals surface area (Å²) < 4.78 is 0. The third-order valence-corrected chi connectivity index (χ3v) is 5.34. The molecule has 10 heteroatoms. The summed E-state index contributed by atoms with van der Waals surface area (Å²) in [5, 5.41) is 17.3. The fourth-order valence-electron chi connectivity index (χ4n) is 3.37. The van der Waals surface area contributed by atoms with E-state index in [-0.39, 0.29) is 19.9 Å². The zero-order valence-electron chi connectivity index (χ0n) is 19.6. The van der Waals surface area contributed by atoms with Crippen molar-refractivity contribution < 1.29 is 19.6 Å². The molecular formula is C27H32N6O4. The highest BCUT2D eigenvalue weighted by atomic mass is 16.5. The van der Waals surface area contributed by atoms with Gasteiger partial charge >= 0.3 is 0 Å². The molecule has 0 radical (unpaired) electrons. The second-order valence-electron chi connectivity index (χ2n) is 7.97. The maximum atomic E-state index is 12.2. The van der Waals surface area contributed by atoms with Gasteiger partial charge in [0.15, 0.2) is 0 Å². The van der Waals surface area contributed by atoms with Gasteiger partial charge in [0, 0.05) is 55.1 Å². The average molecular weight is 505 g/mol. The Labute approximate surface area is 216 Å². The van der Waals surface area contributed by atoms with E-state index >= 15 is 0 Å². The van der Waals surface area contributed by atoms with Gasteiger partial charge in [-0.15, -0.1) is 0 Å². The third kappa shape index (κ3) is 9.41. The number of hydroxylamine groups is 1. The van der Waals surface area contributed by atoms with Crippen molar-refractivity contribution in [2.75, 3.05) is 44.6 Å². The highest BCUT2D eigenvalue weighted by molar-refractivity contribution is 5.97. The Kier molecular flexibility index (Phi) is 11.8. The third-order valence-electron chi connectivity index (χ3n) is 5.34. The Hall–Kier alpha value is -4.19. The molecule has 0 spiro atoms. The Balaban J connectivity index is 0.00000481. The molecule has 2 aromatic carbocycles. The van der Waals surface area contributed by atoms with Crippen molar-refractivity contribution in [3.63, 3.8) is 0 Å². The summed E-state index contributed by atoms with van der Waals surface area (Å²) in [7, 11) is 0. The van der Waals surface area contributed by atoms with Crippen LogP contribution in [0.1, 0.15) is 28.9 Å². The monoisotopic (exact) mass is 504 g/mol. The van der Waals surface area contributed by atoms with Crippen LogP contribution >= 0.6 is 0 Å². The van der Waals surface area contributed by atoms with Gasteiger partial charge in [-0.3, -0.25) is 24.5 Å². The summed E-state index contributed by atoms with van der Waals surface area (Å²) in [6, 6.07) is 12.6. The normalized spacial score (nSPS) is 13.4. The second-order valence-corrected chi connectivity index (χ2v) is 7.97. The van der Waals surface area contributed by atoms with Crippen molar-refractivity contribution in [1.82, 2.24) is 21.0 Å². The standard InChI is InChI=1S/C26H28N6O4.CH4/c27-17-23(26(35)31-36)30-25(34)21-9-5-19(6-10-21)3-1-2-4-20-7-11-22(12-8-20)29-24(33)18-32-15-13-28-14-16-32;/h5-12,23,28,36H,13-18,27H2,(H,29,33)(H,30,34)(H,31,35);1H4/t23-;/m0./s1. The lowest BCUT2D eigenvalue weighted by Gasteiger charge is -2.26. The number of carbonyl (C=O) groups is 3. The van der Waals surface area contributed by atoms with E-state index in [2.05, 4.69) is 44.5 Å². The van der Waals surface area contributed by atoms with Crippen LogP contribution in [-0.2, 0) is 9.59 Å². The Morgan fingerprint density at radius 1 is 0.973 bits per heavy atom. The first-order valence-corrected chi connectivity index (χ1v) is 11.4. The number of hydrogen-bond donors (Lipinski definition) is 6. The summed E-state index contributed by atoms with van der Waals surface area (Å²) in [5.74, 6) is 10.1. The van der Waals surface area contributed by atoms with Crippen LogP contribution in [0.5, 0.6) is 0 Å². The molecule has 37 heavy (non-hydrogen) atoms. The first-order chi connectivity index (χ1) is 17.5. The molecule has 7 N–H and O–H groups in total. The number of rotatable bonds is 7. The van der Waals surface area contributed by atoms with E-state index in [0.29, 0.717) is 23.4 Å². The van der Waals surface area contributed by atoms with Gasteiger partial charge in [-0.1, -0.05) is 19.3 Å². The van der Waals surface area contributed by atoms with E-state index in [1.165, 1.54) is 5.48 Å². The summed E-state index contributed by atoms with van der Waals surface area (Å²) in [6.07, 6.45) is 0. The van der Waals surface area contributed by atoms with Gasteiger partial charge in [-0.05, 0) is 60.4 Å². The van der Waals surface area contributed by atoms with Crippen LogP contribution in [0.25, 0.3) is 0 Å². The van der Waals surface area contributed by atoms with Gasteiger partial charge in [0.25, 0.3) is 11.8 Å². The molecular weight excluding hydrogens is 472 g/mol. The zero-order valence-corrected chi connectivity index (χ0v) is 19.6. The van der Waals surface area contributed by atoms with Crippen molar-refractivity contribution in [1.29, 1.82) is 0 Å². The fraction of sp³-hybridized carbons (Fsp3) is 0.296. The van der Waals surface area contributed by atoms with Gasteiger partial charge in [0.05, 0.1) is 6.54 Å². The van der Waals surface area contributed by atoms with Crippen LogP contribution in [0.3, 0.4) is 0 Å². The molecule has 0 aromatic heterocycles. The first kappa shape index (κ1) is 29.0. The van der Waals surface area contributed by atoms with Crippen LogP contribution in [0.4, 0.5) is 5.69 Å². The molecule has 3 amide bonds. The predicted molar refractivity (Wildman–Crippen MR) is 142 cm³/mol. The molecule has 1 saturated heterocycles. The summed E-state index contributed by atoms with van der Waals surface area (Å²) >= 11 is 0. The molecule has 1 aliphatic heterocycles. The quantitative estimate of drug-likeness (QED) is 0.178. The van der Waals surface area contributed by atoms with Crippen LogP contribution in [0, 0.1) is 23.7 Å². The number of anilines is 1. The molecule has 2 aromatic rings. The molecule has 0 unspecified atom stereocenters. The number of carbonyl (C=O) groups excluding carboxylic acids is 3. The maximum Gasteiger partial charge on any atom is 0.267 e. The van der Waals surface area contributed by atoms with Crippen LogP contribution in [0.2, 0.25) is 0 Å². The van der Waals surface area contributed by atoms with Gasteiger partial charge < -0.3 is 21.7 Å². The number of nitrogens with zero attached hydrogens (tertiary/aromatic N) is 1.